The van der Waals surface area contributed by atoms with Crippen LogP contribution in [-0.2, 0) is 19.6 Å². The van der Waals surface area contributed by atoms with E-state index in [2.05, 4.69) is 5.32 Å². The Hall–Kier alpha value is -2.76. The van der Waals surface area contributed by atoms with Crippen LogP contribution in [0.15, 0.2) is 22.5 Å². The molecule has 0 radical (unpaired) electrons. The summed E-state index contributed by atoms with van der Waals surface area (Å²) in [5.74, 6) is 0.604. The van der Waals surface area contributed by atoms with E-state index in [-0.39, 0.29) is 19.0 Å². The summed E-state index contributed by atoms with van der Waals surface area (Å²) in [5, 5.41) is 4.15. The van der Waals surface area contributed by atoms with E-state index >= 15 is 0 Å². The number of carbonyl (C=O) groups excluding carboxylic acids is 2. The molecule has 0 aliphatic carbocycles. The number of methoxy groups -OCH3 is 1. The number of carbonyl (C=O) groups is 2. The van der Waals surface area contributed by atoms with E-state index in [0.29, 0.717) is 18.5 Å². The van der Waals surface area contributed by atoms with Gasteiger partial charge in [0, 0.05) is 51.4 Å². The number of nitrogens with zero attached hydrogens (tertiary/aromatic N) is 3. The van der Waals surface area contributed by atoms with Gasteiger partial charge in [0.2, 0.25) is 10.0 Å². The lowest BCUT2D eigenvalue weighted by atomic mass is 9.89. The zero-order valence-corrected chi connectivity index (χ0v) is 23.8. The highest BCUT2D eigenvalue weighted by Gasteiger charge is 2.46. The van der Waals surface area contributed by atoms with E-state index in [9.17, 15) is 18.0 Å². The molecule has 0 atom stereocenters. The van der Waals surface area contributed by atoms with Crippen molar-refractivity contribution >= 4 is 39.6 Å². The summed E-state index contributed by atoms with van der Waals surface area (Å²) in [6.45, 7) is 4.97. The van der Waals surface area contributed by atoms with Crippen LogP contribution in [0.25, 0.3) is 6.08 Å². The summed E-state index contributed by atoms with van der Waals surface area (Å²) in [4.78, 5) is 30.3. The molecule has 2 aliphatic rings. The van der Waals surface area contributed by atoms with Gasteiger partial charge in [0.05, 0.1) is 0 Å². The van der Waals surface area contributed by atoms with Gasteiger partial charge in [-0.15, -0.1) is 0 Å². The minimum atomic E-state index is -3.68. The molecule has 0 saturated carbocycles. The number of piperidine rings is 1. The molecule has 1 spiro atoms. The van der Waals surface area contributed by atoms with E-state index < -0.39 is 21.6 Å². The standard InChI is InChI=1S/C27H41N5O5S/c1-20-18-22(31(3)26(28)34)19-21(2)23(20)11-17-38(35,36)32-14-12-27(13-15-32)25(33)29-24(30-27)10-8-6-5-7-9-16-37-4/h11,17-19H,5-10,12-16H2,1-4H3,(H2,28,34)(H,29,30,33)/b17-11+. The SMILES string of the molecule is COCCCCCCCC1=NC2(CCN(S(=O)(=O)/C=C/c3c(C)cc(N(C)C(N)=O)cc3C)CC2)C(=O)N1. The number of amidine groups is 1. The first-order valence-electron chi connectivity index (χ1n) is 13.2. The molecule has 1 aromatic rings. The Kier molecular flexibility index (Phi) is 10.1. The van der Waals surface area contributed by atoms with Gasteiger partial charge in [-0.05, 0) is 74.4 Å². The third-order valence-corrected chi connectivity index (χ3v) is 8.97. The predicted molar refractivity (Wildman–Crippen MR) is 151 cm³/mol. The lowest BCUT2D eigenvalue weighted by Gasteiger charge is -2.34. The first kappa shape index (κ1) is 29.8. The number of rotatable bonds is 12. The second kappa shape index (κ2) is 12.9. The van der Waals surface area contributed by atoms with Gasteiger partial charge in [0.25, 0.3) is 5.91 Å². The summed E-state index contributed by atoms with van der Waals surface area (Å²) in [7, 11) is -0.382. The van der Waals surface area contributed by atoms with E-state index in [4.69, 9.17) is 15.5 Å². The minimum Gasteiger partial charge on any atom is -0.385 e. The number of sulfonamides is 1. The maximum atomic E-state index is 13.1. The summed E-state index contributed by atoms with van der Waals surface area (Å²) in [6, 6.07) is 3.02. The summed E-state index contributed by atoms with van der Waals surface area (Å²) >= 11 is 0. The largest absolute Gasteiger partial charge is 0.385 e. The molecule has 0 aromatic heterocycles. The molecule has 38 heavy (non-hydrogen) atoms. The Labute approximate surface area is 226 Å². The Balaban J connectivity index is 1.58. The lowest BCUT2D eigenvalue weighted by molar-refractivity contribution is -0.124. The highest BCUT2D eigenvalue weighted by Crippen LogP contribution is 2.32. The fourth-order valence-electron chi connectivity index (χ4n) is 5.00. The van der Waals surface area contributed by atoms with Crippen molar-refractivity contribution in [3.63, 3.8) is 0 Å². The van der Waals surface area contributed by atoms with Crippen molar-refractivity contribution in [2.24, 2.45) is 10.7 Å². The number of primary amides is 1. The number of aryl methyl sites for hydroxylation is 2. The van der Waals surface area contributed by atoms with Crippen molar-refractivity contribution < 1.29 is 22.7 Å². The Morgan fingerprint density at radius 2 is 1.76 bits per heavy atom. The van der Waals surface area contributed by atoms with Gasteiger partial charge in [0.1, 0.15) is 11.4 Å². The quantitative estimate of drug-likeness (QED) is 0.387. The molecule has 1 saturated heterocycles. The highest BCUT2D eigenvalue weighted by atomic mass is 32.2. The molecule has 3 amide bonds. The van der Waals surface area contributed by atoms with Crippen LogP contribution in [0.5, 0.6) is 0 Å². The zero-order chi connectivity index (χ0) is 27.9. The number of amides is 3. The van der Waals surface area contributed by atoms with E-state index in [1.807, 2.05) is 13.8 Å². The highest BCUT2D eigenvalue weighted by molar-refractivity contribution is 7.92. The summed E-state index contributed by atoms with van der Waals surface area (Å²) in [5.41, 5.74) is 7.57. The van der Waals surface area contributed by atoms with Gasteiger partial charge >= 0.3 is 6.03 Å². The molecule has 210 valence electrons. The van der Waals surface area contributed by atoms with E-state index in [0.717, 1.165) is 67.7 Å². The third-order valence-electron chi connectivity index (χ3n) is 7.40. The number of benzene rings is 1. The molecule has 0 bridgehead atoms. The minimum absolute atomic E-state index is 0.118. The van der Waals surface area contributed by atoms with Crippen LogP contribution < -0.4 is 16.0 Å². The van der Waals surface area contributed by atoms with Gasteiger partial charge in [0.15, 0.2) is 0 Å². The number of ether oxygens (including phenoxy) is 1. The molecule has 2 heterocycles. The normalized spacial score (nSPS) is 17.7. The zero-order valence-electron chi connectivity index (χ0n) is 23.0. The topological polar surface area (TPSA) is 134 Å². The maximum absolute atomic E-state index is 13.1. The fraction of sp³-hybridized carbons (Fsp3) is 0.593. The molecule has 2 aliphatic heterocycles. The number of nitrogens with one attached hydrogen (secondary N) is 1. The van der Waals surface area contributed by atoms with Crippen LogP contribution in [0.2, 0.25) is 0 Å². The first-order valence-corrected chi connectivity index (χ1v) is 14.7. The van der Waals surface area contributed by atoms with E-state index in [1.165, 1.54) is 14.6 Å². The molecule has 0 unspecified atom stereocenters. The third kappa shape index (κ3) is 7.21. The molecule has 10 nitrogen and oxygen atoms in total. The number of aliphatic imine (C=N–C) groups is 1. The number of hydrogen-bond acceptors (Lipinski definition) is 6. The number of urea groups is 1. The number of anilines is 1. The predicted octanol–water partition coefficient (Wildman–Crippen LogP) is 3.47. The van der Waals surface area contributed by atoms with Gasteiger partial charge in [-0.25, -0.2) is 13.2 Å². The molecule has 1 fully saturated rings. The van der Waals surface area contributed by atoms with Crippen molar-refractivity contribution in [3.8, 4) is 0 Å². The molecular weight excluding hydrogens is 506 g/mol. The van der Waals surface area contributed by atoms with Crippen LogP contribution >= 0.6 is 0 Å². The summed E-state index contributed by atoms with van der Waals surface area (Å²) < 4.78 is 32.7. The molecule has 3 rings (SSSR count). The van der Waals surface area contributed by atoms with Gasteiger partial charge in [-0.1, -0.05) is 19.3 Å². The van der Waals surface area contributed by atoms with Gasteiger partial charge < -0.3 is 15.8 Å². The number of nitrogens with two attached hydrogens (primary N) is 1. The van der Waals surface area contributed by atoms with Crippen molar-refractivity contribution in [3.05, 3.63) is 34.2 Å². The molecule has 11 heteroatoms. The lowest BCUT2D eigenvalue weighted by Crippen LogP contribution is -2.50. The van der Waals surface area contributed by atoms with Crippen molar-refractivity contribution in [1.29, 1.82) is 0 Å². The fourth-order valence-corrected chi connectivity index (χ4v) is 6.17. The summed E-state index contributed by atoms with van der Waals surface area (Å²) in [6.07, 6.45) is 8.40. The number of unbranched alkanes of at least 4 members (excludes halogenated alkanes) is 4. The van der Waals surface area contributed by atoms with Crippen LogP contribution in [0, 0.1) is 13.8 Å². The van der Waals surface area contributed by atoms with Crippen molar-refractivity contribution in [1.82, 2.24) is 9.62 Å². The van der Waals surface area contributed by atoms with Crippen LogP contribution in [0.4, 0.5) is 10.5 Å². The average Bonchev–Trinajstić information content (AvgIpc) is 3.16. The van der Waals surface area contributed by atoms with Crippen molar-refractivity contribution in [2.75, 3.05) is 38.8 Å². The second-order valence-corrected chi connectivity index (χ2v) is 12.0. The second-order valence-electron chi connectivity index (χ2n) is 10.2. The molecular formula is C27H41N5O5S. The Morgan fingerprint density at radius 1 is 1.16 bits per heavy atom. The Bertz CT molecular complexity index is 1160. The van der Waals surface area contributed by atoms with Crippen LogP contribution in [0.1, 0.15) is 68.1 Å². The van der Waals surface area contributed by atoms with Crippen molar-refractivity contribution in [2.45, 2.75) is 70.8 Å². The van der Waals surface area contributed by atoms with E-state index in [1.54, 1.807) is 32.4 Å². The smallest absolute Gasteiger partial charge is 0.318 e. The Morgan fingerprint density at radius 3 is 2.37 bits per heavy atom. The van der Waals surface area contributed by atoms with Crippen LogP contribution in [0.3, 0.4) is 0 Å². The average molecular weight is 548 g/mol. The number of hydrogen-bond donors (Lipinski definition) is 2. The first-order chi connectivity index (χ1) is 18.0. The van der Waals surface area contributed by atoms with Crippen LogP contribution in [-0.4, -0.2) is 69.9 Å². The van der Waals surface area contributed by atoms with Gasteiger partial charge in [-0.3, -0.25) is 14.7 Å². The molecule has 3 N–H and O–H groups in total. The maximum Gasteiger partial charge on any atom is 0.318 e. The molecule has 1 aromatic carbocycles. The van der Waals surface area contributed by atoms with Gasteiger partial charge in [-0.2, -0.15) is 4.31 Å². The monoisotopic (exact) mass is 547 g/mol.